The highest BCUT2D eigenvalue weighted by Crippen LogP contribution is 2.45. The average molecular weight is 803 g/mol. The Labute approximate surface area is 372 Å². The van der Waals surface area contributed by atoms with E-state index >= 15 is 0 Å². The van der Waals surface area contributed by atoms with Gasteiger partial charge in [-0.1, -0.05) is 137 Å². The first kappa shape index (κ1) is 29.1. The van der Waals surface area contributed by atoms with E-state index in [9.17, 15) is 16.2 Å². The zero-order valence-corrected chi connectivity index (χ0v) is 34.2. The van der Waals surface area contributed by atoms with Crippen LogP contribution in [0.5, 0.6) is 0 Å². The molecule has 0 aliphatic heterocycles. The number of rotatable bonds is 12. The van der Waals surface area contributed by atoms with Crippen molar-refractivity contribution in [3.05, 3.63) is 209 Å². The van der Waals surface area contributed by atoms with E-state index in [0.717, 1.165) is 16.7 Å². The van der Waals surface area contributed by atoms with Gasteiger partial charge in [-0.3, -0.25) is 15.0 Å². The third-order valence-electron chi connectivity index (χ3n) is 11.8. The van der Waals surface area contributed by atoms with E-state index < -0.39 is 36.3 Å². The summed E-state index contributed by atoms with van der Waals surface area (Å²) in [5, 5.41) is 10.8. The number of para-hydroxylation sites is 1. The summed E-state index contributed by atoms with van der Waals surface area (Å²) in [5.74, 6) is 0. The maximum absolute atomic E-state index is 9.60. The number of furan rings is 1. The van der Waals surface area contributed by atoms with Gasteiger partial charge in [-0.2, -0.15) is 5.26 Å². The first-order valence-corrected chi connectivity index (χ1v) is 20.1. The van der Waals surface area contributed by atoms with E-state index in [1.54, 1.807) is 30.5 Å². The second-order valence-electron chi connectivity index (χ2n) is 16.0. The van der Waals surface area contributed by atoms with Gasteiger partial charge >= 0.3 is 0 Å². The molecule has 0 N–H and O–H groups in total. The zero-order valence-electron chi connectivity index (χ0n) is 44.2. The topological polar surface area (TPSA) is 75.6 Å². The second kappa shape index (κ2) is 16.5. The summed E-state index contributed by atoms with van der Waals surface area (Å²) in [6.45, 7) is 7.83. The Morgan fingerprint density at radius 3 is 1.66 bits per heavy atom. The van der Waals surface area contributed by atoms with Crippen molar-refractivity contribution in [2.75, 3.05) is 0 Å². The summed E-state index contributed by atoms with van der Waals surface area (Å²) in [4.78, 5) is 13.9. The number of aromatic nitrogens is 3. The fourth-order valence-corrected chi connectivity index (χ4v) is 7.49. The van der Waals surface area contributed by atoms with Crippen LogP contribution in [0.25, 0.3) is 55.7 Å². The van der Waals surface area contributed by atoms with Crippen LogP contribution in [0.3, 0.4) is 0 Å². The molecule has 0 fully saturated rings. The molecule has 0 saturated heterocycles. The summed E-state index contributed by atoms with van der Waals surface area (Å²) in [6.07, 6.45) is -6.68. The second-order valence-corrected chi connectivity index (χ2v) is 16.0. The molecule has 5 heteroatoms. The van der Waals surface area contributed by atoms with Crippen molar-refractivity contribution in [2.24, 2.45) is 0 Å². The van der Waals surface area contributed by atoms with Crippen LogP contribution in [0.15, 0.2) is 175 Å². The van der Waals surface area contributed by atoms with E-state index in [1.807, 2.05) is 125 Å². The third-order valence-corrected chi connectivity index (χ3v) is 11.8. The summed E-state index contributed by atoms with van der Waals surface area (Å²) in [5.41, 5.74) is 3.44. The Bertz CT molecular complexity index is 3370. The lowest BCUT2D eigenvalue weighted by Gasteiger charge is -2.43. The molecule has 4 heterocycles. The van der Waals surface area contributed by atoms with Crippen molar-refractivity contribution in [2.45, 2.75) is 64.0 Å². The van der Waals surface area contributed by atoms with Crippen LogP contribution >= 0.6 is 0 Å². The highest BCUT2D eigenvalue weighted by atomic mass is 16.3. The Morgan fingerprint density at radius 1 is 0.557 bits per heavy atom. The minimum absolute atomic E-state index is 0.0330. The van der Waals surface area contributed by atoms with Crippen molar-refractivity contribution < 1.29 is 18.1 Å². The Morgan fingerprint density at radius 2 is 1.11 bits per heavy atom. The minimum Gasteiger partial charge on any atom is -0.455 e. The molecule has 0 radical (unpaired) electrons. The number of pyridine rings is 3. The molecule has 4 aromatic heterocycles. The van der Waals surface area contributed by atoms with Crippen LogP contribution in [0.1, 0.15) is 80.3 Å². The predicted molar refractivity (Wildman–Crippen MR) is 248 cm³/mol. The smallest absolute Gasteiger partial charge is 0.144 e. The van der Waals surface area contributed by atoms with E-state index in [4.69, 9.17) is 12.1 Å². The van der Waals surface area contributed by atoms with Crippen molar-refractivity contribution in [3.63, 3.8) is 0 Å². The van der Waals surface area contributed by atoms with Crippen LogP contribution in [-0.4, -0.2) is 15.0 Å². The van der Waals surface area contributed by atoms with Gasteiger partial charge < -0.3 is 4.42 Å². The number of hydrogen-bond acceptors (Lipinski definition) is 5. The fraction of sp³-hybridized carbons (Fsp3) is 0.179. The number of fused-ring (bicyclic) bond motifs is 3. The number of aryl methyl sites for hydroxylation is 4. The van der Waals surface area contributed by atoms with Crippen LogP contribution in [0, 0.1) is 11.3 Å². The summed E-state index contributed by atoms with van der Waals surface area (Å²) >= 11 is 0. The highest BCUT2D eigenvalue weighted by Gasteiger charge is 2.40. The standard InChI is InChI=1S/C56H48N4O/c1-55(2,45-25-29-52(60-37-45)49-17-11-16-48-47-26-22-42(34-57)33-53(47)61-54(48)49)56(3,4)46-31-40(20-18-38-23-27-50(58-35-38)43-12-7-5-8-13-43)30-41(32-46)21-19-39-24-28-51(59-36-39)44-14-9-6-10-15-44/h5-17,22-33,35-37H,18-21H2,1-4H3/i18D2,19D2,20D2,21D2,22D,33D. The molecule has 0 spiro atoms. The normalized spacial score (nSPS) is 15.2. The largest absolute Gasteiger partial charge is 0.455 e. The van der Waals surface area contributed by atoms with Crippen LogP contribution in [0.2, 0.25) is 0 Å². The van der Waals surface area contributed by atoms with Gasteiger partial charge in [-0.25, -0.2) is 0 Å². The van der Waals surface area contributed by atoms with Gasteiger partial charge in [0.2, 0.25) is 0 Å². The molecule has 9 aromatic rings. The monoisotopic (exact) mass is 802 g/mol. The van der Waals surface area contributed by atoms with Gasteiger partial charge in [-0.05, 0) is 107 Å². The molecular formula is C56H48N4O. The molecule has 0 atom stereocenters. The number of benzene rings is 5. The predicted octanol–water partition coefficient (Wildman–Crippen LogP) is 13.5. The molecular weight excluding hydrogens is 745 g/mol. The molecule has 5 nitrogen and oxygen atoms in total. The molecule has 0 amide bonds. The Kier molecular flexibility index (Phi) is 7.87. The molecule has 9 rings (SSSR count). The zero-order chi connectivity index (χ0) is 50.9. The highest BCUT2D eigenvalue weighted by molar-refractivity contribution is 6.09. The third kappa shape index (κ3) is 7.98. The average Bonchev–Trinajstić information content (AvgIpc) is 3.75. The van der Waals surface area contributed by atoms with Crippen molar-refractivity contribution in [1.82, 2.24) is 15.0 Å². The van der Waals surface area contributed by atoms with E-state index in [-0.39, 0.29) is 45.5 Å². The number of nitriles is 1. The molecule has 0 bridgehead atoms. The van der Waals surface area contributed by atoms with E-state index in [0.29, 0.717) is 44.6 Å². The van der Waals surface area contributed by atoms with Crippen molar-refractivity contribution in [3.8, 4) is 39.8 Å². The van der Waals surface area contributed by atoms with E-state index in [2.05, 4.69) is 9.97 Å². The molecule has 0 saturated carbocycles. The molecule has 0 aliphatic rings. The maximum atomic E-state index is 9.60. The first-order valence-electron chi connectivity index (χ1n) is 25.1. The van der Waals surface area contributed by atoms with Gasteiger partial charge in [0.05, 0.1) is 31.5 Å². The SMILES string of the molecule is [2H]c1cc2c(oc3c(-c4ccc(C(C)(C)C(C)(C)c5cc(C([2H])([2H])C([2H])([2H])c6ccc(-c7ccccc7)nc6)cc(C([2H])([2H])C([2H])([2H])c6ccc(-c7ccccc7)nc6)c5)cn4)cccc32)c([2H])c1C#N. The van der Waals surface area contributed by atoms with Gasteiger partial charge in [0, 0.05) is 62.4 Å². The number of hydrogen-bond donors (Lipinski definition) is 0. The summed E-state index contributed by atoms with van der Waals surface area (Å²) in [6, 6.07) is 41.8. The van der Waals surface area contributed by atoms with Crippen molar-refractivity contribution >= 4 is 21.9 Å². The first-order chi connectivity index (χ1) is 33.5. The fourth-order valence-electron chi connectivity index (χ4n) is 7.49. The van der Waals surface area contributed by atoms with Crippen molar-refractivity contribution in [1.29, 1.82) is 5.26 Å². The minimum atomic E-state index is -2.81. The van der Waals surface area contributed by atoms with Gasteiger partial charge in [0.1, 0.15) is 11.2 Å². The van der Waals surface area contributed by atoms with Crippen LogP contribution in [-0.2, 0) is 36.3 Å². The van der Waals surface area contributed by atoms with Crippen LogP contribution in [0.4, 0.5) is 0 Å². The number of nitrogens with zero attached hydrogens (tertiary/aromatic N) is 4. The van der Waals surface area contributed by atoms with Gasteiger partial charge in [0.25, 0.3) is 0 Å². The summed E-state index contributed by atoms with van der Waals surface area (Å²) < 4.78 is 99.1. The molecule has 298 valence electrons. The molecule has 0 unspecified atom stereocenters. The maximum Gasteiger partial charge on any atom is 0.144 e. The van der Waals surface area contributed by atoms with E-state index in [1.165, 1.54) is 36.7 Å². The van der Waals surface area contributed by atoms with Crippen LogP contribution < -0.4 is 0 Å². The lowest BCUT2D eigenvalue weighted by atomic mass is 9.61. The molecule has 5 aromatic carbocycles. The molecule has 0 aliphatic carbocycles. The summed E-state index contributed by atoms with van der Waals surface area (Å²) in [7, 11) is 0. The lowest BCUT2D eigenvalue weighted by molar-refractivity contribution is 0.302. The Hall–Kier alpha value is -7.16. The quantitative estimate of drug-likeness (QED) is 0.123. The lowest BCUT2D eigenvalue weighted by Crippen LogP contribution is -2.40. The van der Waals surface area contributed by atoms with Gasteiger partial charge in [-0.15, -0.1) is 0 Å². The van der Waals surface area contributed by atoms with Gasteiger partial charge in [0.15, 0.2) is 0 Å². The Balaban J connectivity index is 1.13. The molecule has 61 heavy (non-hydrogen) atoms.